The number of carbonyl (C=O) groups is 1. The molecule has 0 atom stereocenters. The molecule has 0 unspecified atom stereocenters. The first kappa shape index (κ1) is 29.4. The summed E-state index contributed by atoms with van der Waals surface area (Å²) in [5.41, 5.74) is 4.15. The Morgan fingerprint density at radius 1 is 1.10 bits per heavy atom. The zero-order chi connectivity index (χ0) is 30.2. The second kappa shape index (κ2) is 11.6. The molecule has 1 aliphatic heterocycles. The van der Waals surface area contributed by atoms with E-state index in [0.717, 1.165) is 41.6 Å². The molecule has 3 aromatic heterocycles. The van der Waals surface area contributed by atoms with Crippen LogP contribution in [0.4, 0.5) is 11.6 Å². The lowest BCUT2D eigenvalue weighted by molar-refractivity contribution is 0.0852. The molecule has 1 amide bonds. The summed E-state index contributed by atoms with van der Waals surface area (Å²) in [6.07, 6.45) is 6.17. The van der Waals surface area contributed by atoms with E-state index in [1.54, 1.807) is 23.1 Å². The van der Waals surface area contributed by atoms with E-state index in [0.29, 0.717) is 35.9 Å². The number of fused-ring (bicyclic) bond motifs is 1. The Morgan fingerprint density at radius 3 is 2.40 bits per heavy atom. The number of hydrogen-bond acceptors (Lipinski definition) is 10. The average Bonchev–Trinajstić information content (AvgIpc) is 3.36. The Kier molecular flexibility index (Phi) is 8.15. The van der Waals surface area contributed by atoms with Crippen LogP contribution in [0.15, 0.2) is 42.7 Å². The number of rotatable bonds is 8. The summed E-state index contributed by atoms with van der Waals surface area (Å²) in [4.78, 5) is 31.1. The number of pyridine rings is 1. The van der Waals surface area contributed by atoms with Crippen LogP contribution in [0.5, 0.6) is 0 Å². The number of anilines is 2. The van der Waals surface area contributed by atoms with Gasteiger partial charge in [0.25, 0.3) is 5.91 Å². The summed E-state index contributed by atoms with van der Waals surface area (Å²) in [5, 5.41) is 5.69. The molecule has 1 saturated heterocycles. The highest BCUT2D eigenvalue weighted by molar-refractivity contribution is 7.89. The first-order chi connectivity index (χ1) is 19.9. The van der Waals surface area contributed by atoms with Gasteiger partial charge in [0.05, 0.1) is 23.0 Å². The number of carbonyl (C=O) groups excluding carboxylic acids is 1. The standard InChI is InChI=1S/C29H36N8O4S/c1-18(2)26-25-23(19-16-30-29(31-17-19)36(5)20-10-12-41-13-11-20)15-24(28(38)34-42(6,39)40)32-27(25)37(33-26)22-9-7-8-21(14-22)35(3)4/h7-9,14-18,20H,10-13H2,1-6H3,(H,34,38). The normalized spacial score (nSPS) is 14.4. The minimum Gasteiger partial charge on any atom is -0.381 e. The Morgan fingerprint density at radius 2 is 1.79 bits per heavy atom. The third-order valence-electron chi connectivity index (χ3n) is 7.32. The lowest BCUT2D eigenvalue weighted by atomic mass is 9.99. The highest BCUT2D eigenvalue weighted by Gasteiger charge is 2.25. The molecule has 5 rings (SSSR count). The van der Waals surface area contributed by atoms with Gasteiger partial charge in [0.2, 0.25) is 16.0 Å². The molecule has 0 saturated carbocycles. The van der Waals surface area contributed by atoms with Gasteiger partial charge in [0, 0.05) is 69.6 Å². The molecule has 0 radical (unpaired) electrons. The lowest BCUT2D eigenvalue weighted by Gasteiger charge is -2.31. The van der Waals surface area contributed by atoms with Crippen LogP contribution in [0.25, 0.3) is 27.8 Å². The summed E-state index contributed by atoms with van der Waals surface area (Å²) in [6.45, 7) is 5.50. The fraction of sp³-hybridized carbons (Fsp3) is 0.414. The zero-order valence-electron chi connectivity index (χ0n) is 24.7. The van der Waals surface area contributed by atoms with Crippen molar-refractivity contribution in [3.8, 4) is 16.8 Å². The van der Waals surface area contributed by atoms with E-state index in [1.807, 2.05) is 68.9 Å². The van der Waals surface area contributed by atoms with Crippen molar-refractivity contribution < 1.29 is 17.9 Å². The van der Waals surface area contributed by atoms with Crippen molar-refractivity contribution >= 4 is 38.6 Å². The molecule has 12 nitrogen and oxygen atoms in total. The van der Waals surface area contributed by atoms with Crippen molar-refractivity contribution in [1.82, 2.24) is 29.5 Å². The summed E-state index contributed by atoms with van der Waals surface area (Å²) in [7, 11) is 2.06. The van der Waals surface area contributed by atoms with Gasteiger partial charge >= 0.3 is 0 Å². The summed E-state index contributed by atoms with van der Waals surface area (Å²) in [6, 6.07) is 9.67. The molecular weight excluding hydrogens is 556 g/mol. The number of aromatic nitrogens is 5. The van der Waals surface area contributed by atoms with Crippen molar-refractivity contribution in [3.63, 3.8) is 0 Å². The maximum atomic E-state index is 13.1. The Bertz CT molecular complexity index is 1710. The van der Waals surface area contributed by atoms with E-state index >= 15 is 0 Å². The Hall–Kier alpha value is -4.10. The van der Waals surface area contributed by atoms with Gasteiger partial charge in [-0.15, -0.1) is 0 Å². The number of nitrogens with one attached hydrogen (secondary N) is 1. The largest absolute Gasteiger partial charge is 0.381 e. The smallest absolute Gasteiger partial charge is 0.283 e. The lowest BCUT2D eigenvalue weighted by Crippen LogP contribution is -2.37. The summed E-state index contributed by atoms with van der Waals surface area (Å²) in [5.74, 6) is -0.230. The van der Waals surface area contributed by atoms with Crippen LogP contribution in [-0.4, -0.2) is 85.7 Å². The number of sulfonamides is 1. The van der Waals surface area contributed by atoms with Gasteiger partial charge in [-0.2, -0.15) is 5.10 Å². The van der Waals surface area contributed by atoms with Gasteiger partial charge in [0.15, 0.2) is 5.65 Å². The topological polar surface area (TPSA) is 135 Å². The van der Waals surface area contributed by atoms with Crippen LogP contribution in [0.1, 0.15) is 48.8 Å². The summed E-state index contributed by atoms with van der Waals surface area (Å²) >= 11 is 0. The molecule has 0 aliphatic carbocycles. The predicted octanol–water partition coefficient (Wildman–Crippen LogP) is 3.37. The van der Waals surface area contributed by atoms with Gasteiger partial charge < -0.3 is 14.5 Å². The van der Waals surface area contributed by atoms with Gasteiger partial charge in [0.1, 0.15) is 5.69 Å². The molecule has 1 fully saturated rings. The van der Waals surface area contributed by atoms with Crippen LogP contribution < -0.4 is 14.5 Å². The third kappa shape index (κ3) is 6.07. The number of nitrogens with zero attached hydrogens (tertiary/aromatic N) is 7. The van der Waals surface area contributed by atoms with Crippen molar-refractivity contribution in [2.45, 2.75) is 38.6 Å². The highest BCUT2D eigenvalue weighted by Crippen LogP contribution is 2.36. The van der Waals surface area contributed by atoms with E-state index in [4.69, 9.17) is 9.84 Å². The molecule has 4 aromatic rings. The average molecular weight is 593 g/mol. The first-order valence-corrected chi connectivity index (χ1v) is 15.7. The van der Waals surface area contributed by atoms with Gasteiger partial charge in [-0.25, -0.2) is 32.8 Å². The van der Waals surface area contributed by atoms with Gasteiger partial charge in [-0.1, -0.05) is 19.9 Å². The van der Waals surface area contributed by atoms with E-state index in [9.17, 15) is 13.2 Å². The van der Waals surface area contributed by atoms with Crippen molar-refractivity contribution in [3.05, 3.63) is 54.1 Å². The zero-order valence-corrected chi connectivity index (χ0v) is 25.5. The van der Waals surface area contributed by atoms with E-state index in [2.05, 4.69) is 19.9 Å². The Balaban J connectivity index is 1.70. The van der Waals surface area contributed by atoms with E-state index in [-0.39, 0.29) is 17.7 Å². The van der Waals surface area contributed by atoms with Crippen molar-refractivity contribution in [1.29, 1.82) is 0 Å². The number of hydrogen-bond donors (Lipinski definition) is 1. The van der Waals surface area contributed by atoms with Crippen molar-refractivity contribution in [2.75, 3.05) is 50.4 Å². The van der Waals surface area contributed by atoms with Crippen LogP contribution >= 0.6 is 0 Å². The number of benzene rings is 1. The van der Waals surface area contributed by atoms with E-state index in [1.165, 1.54) is 0 Å². The maximum absolute atomic E-state index is 13.1. The fourth-order valence-corrected chi connectivity index (χ4v) is 5.51. The number of amides is 1. The number of ether oxygens (including phenoxy) is 1. The molecule has 1 aliphatic rings. The molecule has 13 heteroatoms. The monoisotopic (exact) mass is 592 g/mol. The van der Waals surface area contributed by atoms with Crippen LogP contribution in [-0.2, 0) is 14.8 Å². The molecule has 1 N–H and O–H groups in total. The van der Waals surface area contributed by atoms with Gasteiger partial charge in [-0.3, -0.25) is 4.79 Å². The SMILES string of the molecule is CC(C)c1nn(-c2cccc(N(C)C)c2)c2nc(C(=O)NS(C)(=O)=O)cc(-c3cnc(N(C)C4CCOCC4)nc3)c12. The summed E-state index contributed by atoms with van der Waals surface area (Å²) < 4.78 is 33.1. The minimum atomic E-state index is -3.82. The maximum Gasteiger partial charge on any atom is 0.283 e. The van der Waals surface area contributed by atoms with Crippen molar-refractivity contribution in [2.24, 2.45) is 0 Å². The second-order valence-corrected chi connectivity index (χ2v) is 12.8. The second-order valence-electron chi connectivity index (χ2n) is 11.0. The highest BCUT2D eigenvalue weighted by atomic mass is 32.2. The quantitative estimate of drug-likeness (QED) is 0.324. The Labute approximate surface area is 245 Å². The first-order valence-electron chi connectivity index (χ1n) is 13.8. The molecule has 42 heavy (non-hydrogen) atoms. The minimum absolute atomic E-state index is 0.0156. The van der Waals surface area contributed by atoms with Crippen LogP contribution in [0.2, 0.25) is 0 Å². The molecule has 1 aromatic carbocycles. The molecule has 222 valence electrons. The molecular formula is C29H36N8O4S. The van der Waals surface area contributed by atoms with Crippen LogP contribution in [0.3, 0.4) is 0 Å². The fourth-order valence-electron chi connectivity index (χ4n) is 5.07. The third-order valence-corrected chi connectivity index (χ3v) is 7.87. The molecule has 4 heterocycles. The molecule has 0 bridgehead atoms. The molecule has 0 spiro atoms. The van der Waals surface area contributed by atoms with Gasteiger partial charge in [-0.05, 0) is 43.0 Å². The van der Waals surface area contributed by atoms with Crippen LogP contribution in [0, 0.1) is 0 Å². The van der Waals surface area contributed by atoms with E-state index < -0.39 is 15.9 Å². The predicted molar refractivity (Wildman–Crippen MR) is 163 cm³/mol.